The molecule has 0 radical (unpaired) electrons. The van der Waals surface area contributed by atoms with Crippen LogP contribution < -0.4 is 5.32 Å². The second-order valence-electron chi connectivity index (χ2n) is 5.35. The molecule has 3 heteroatoms. The number of alkyl halides is 1. The Kier molecular flexibility index (Phi) is 6.36. The van der Waals surface area contributed by atoms with E-state index in [4.69, 9.17) is 11.6 Å². The first-order valence-electron chi connectivity index (χ1n) is 6.99. The van der Waals surface area contributed by atoms with Crippen LogP contribution >= 0.6 is 11.6 Å². The topological polar surface area (TPSA) is 29.1 Å². The van der Waals surface area contributed by atoms with Crippen LogP contribution in [0.5, 0.6) is 0 Å². The summed E-state index contributed by atoms with van der Waals surface area (Å²) in [5.41, 5.74) is 3.15. The first-order chi connectivity index (χ1) is 9.01. The average Bonchev–Trinajstić information content (AvgIpc) is 2.38. The van der Waals surface area contributed by atoms with E-state index < -0.39 is 0 Å². The predicted octanol–water partition coefficient (Wildman–Crippen LogP) is 4.92. The van der Waals surface area contributed by atoms with Crippen molar-refractivity contribution in [3.63, 3.8) is 0 Å². The van der Waals surface area contributed by atoms with Crippen LogP contribution in [0.3, 0.4) is 0 Å². The molecule has 1 unspecified atom stereocenters. The number of halogens is 1. The molecule has 0 aromatic heterocycles. The van der Waals surface area contributed by atoms with Crippen LogP contribution in [0.25, 0.3) is 0 Å². The molecule has 0 aliphatic rings. The van der Waals surface area contributed by atoms with Gasteiger partial charge in [0.2, 0.25) is 5.91 Å². The highest BCUT2D eigenvalue weighted by molar-refractivity contribution is 6.17. The molecule has 1 aromatic rings. The van der Waals surface area contributed by atoms with E-state index in [1.807, 2.05) is 25.1 Å². The normalized spacial score (nSPS) is 12.5. The van der Waals surface area contributed by atoms with Crippen molar-refractivity contribution in [3.05, 3.63) is 29.3 Å². The monoisotopic (exact) mass is 281 g/mol. The molecule has 0 fully saturated rings. The molecule has 0 aliphatic heterocycles. The van der Waals surface area contributed by atoms with Gasteiger partial charge in [-0.15, -0.1) is 11.6 Å². The fourth-order valence-electron chi connectivity index (χ4n) is 2.34. The molecule has 0 heterocycles. The molecular formula is C16H24ClNO. The maximum atomic E-state index is 12.1. The van der Waals surface area contributed by atoms with E-state index >= 15 is 0 Å². The van der Waals surface area contributed by atoms with E-state index in [-0.39, 0.29) is 11.8 Å². The van der Waals surface area contributed by atoms with Crippen LogP contribution in [0.2, 0.25) is 0 Å². The molecule has 0 aliphatic carbocycles. The Balaban J connectivity index is 2.97. The molecule has 1 aromatic carbocycles. The third-order valence-corrected chi connectivity index (χ3v) is 3.63. The Morgan fingerprint density at radius 3 is 2.53 bits per heavy atom. The summed E-state index contributed by atoms with van der Waals surface area (Å²) >= 11 is 5.98. The van der Waals surface area contributed by atoms with Crippen molar-refractivity contribution < 1.29 is 4.79 Å². The van der Waals surface area contributed by atoms with Crippen LogP contribution in [0.15, 0.2) is 18.2 Å². The fraction of sp³-hybridized carbons (Fsp3) is 0.562. The van der Waals surface area contributed by atoms with Gasteiger partial charge in [-0.25, -0.2) is 0 Å². The van der Waals surface area contributed by atoms with Gasteiger partial charge in [-0.1, -0.05) is 46.2 Å². The lowest BCUT2D eigenvalue weighted by atomic mass is 9.95. The summed E-state index contributed by atoms with van der Waals surface area (Å²) in [5.74, 6) is 0.953. The Hall–Kier alpha value is -1.02. The molecular weight excluding hydrogens is 258 g/mol. The lowest BCUT2D eigenvalue weighted by molar-refractivity contribution is -0.119. The summed E-state index contributed by atoms with van der Waals surface area (Å²) in [4.78, 5) is 12.1. The van der Waals surface area contributed by atoms with Gasteiger partial charge in [-0.05, 0) is 29.5 Å². The number of hydrogen-bond acceptors (Lipinski definition) is 1. The number of carbonyl (C=O) groups is 1. The van der Waals surface area contributed by atoms with Crippen LogP contribution in [-0.4, -0.2) is 5.91 Å². The molecule has 0 spiro atoms. The van der Waals surface area contributed by atoms with Gasteiger partial charge >= 0.3 is 0 Å². The zero-order chi connectivity index (χ0) is 14.4. The SMILES string of the molecule is CCCC(C)C(=O)Nc1cccc(CCl)c1C(C)C. The van der Waals surface area contributed by atoms with Gasteiger partial charge < -0.3 is 5.32 Å². The fourth-order valence-corrected chi connectivity index (χ4v) is 2.57. The third-order valence-electron chi connectivity index (χ3n) is 3.34. The van der Waals surface area contributed by atoms with Crippen molar-refractivity contribution in [1.82, 2.24) is 0 Å². The summed E-state index contributed by atoms with van der Waals surface area (Å²) < 4.78 is 0. The van der Waals surface area contributed by atoms with E-state index in [1.54, 1.807) is 0 Å². The van der Waals surface area contributed by atoms with E-state index in [0.717, 1.165) is 29.7 Å². The number of benzene rings is 1. The van der Waals surface area contributed by atoms with Gasteiger partial charge in [0.1, 0.15) is 0 Å². The summed E-state index contributed by atoms with van der Waals surface area (Å²) in [6.45, 7) is 8.31. The maximum absolute atomic E-state index is 12.1. The number of amides is 1. The number of rotatable bonds is 6. The summed E-state index contributed by atoms with van der Waals surface area (Å²) in [6, 6.07) is 5.93. The van der Waals surface area contributed by atoms with Gasteiger partial charge in [-0.2, -0.15) is 0 Å². The highest BCUT2D eigenvalue weighted by Gasteiger charge is 2.16. The molecule has 0 saturated heterocycles. The molecule has 2 nitrogen and oxygen atoms in total. The van der Waals surface area contributed by atoms with Crippen LogP contribution in [0, 0.1) is 5.92 Å². The Morgan fingerprint density at radius 2 is 2.00 bits per heavy atom. The standard InChI is InChI=1S/C16H24ClNO/c1-5-7-12(4)16(19)18-14-9-6-8-13(10-17)15(14)11(2)3/h6,8-9,11-12H,5,7,10H2,1-4H3,(H,18,19). The smallest absolute Gasteiger partial charge is 0.227 e. The van der Waals surface area contributed by atoms with Crippen molar-refractivity contribution in [2.75, 3.05) is 5.32 Å². The number of hydrogen-bond donors (Lipinski definition) is 1. The van der Waals surface area contributed by atoms with Crippen molar-refractivity contribution in [2.45, 2.75) is 52.3 Å². The predicted molar refractivity (Wildman–Crippen MR) is 82.8 cm³/mol. The van der Waals surface area contributed by atoms with Crippen LogP contribution in [0.4, 0.5) is 5.69 Å². The number of anilines is 1. The minimum absolute atomic E-state index is 0.0460. The average molecular weight is 282 g/mol. The largest absolute Gasteiger partial charge is 0.326 e. The lowest BCUT2D eigenvalue weighted by Crippen LogP contribution is -2.21. The summed E-state index contributed by atoms with van der Waals surface area (Å²) in [6.07, 6.45) is 1.94. The third kappa shape index (κ3) is 4.24. The Labute approximate surface area is 121 Å². The molecule has 0 bridgehead atoms. The first kappa shape index (κ1) is 16.0. The Morgan fingerprint density at radius 1 is 1.32 bits per heavy atom. The van der Waals surface area contributed by atoms with Crippen molar-refractivity contribution >= 4 is 23.2 Å². The van der Waals surface area contributed by atoms with Crippen LogP contribution in [-0.2, 0) is 10.7 Å². The molecule has 1 rings (SSSR count). The minimum atomic E-state index is 0.0460. The maximum Gasteiger partial charge on any atom is 0.227 e. The van der Waals surface area contributed by atoms with Crippen molar-refractivity contribution in [1.29, 1.82) is 0 Å². The lowest BCUT2D eigenvalue weighted by Gasteiger charge is -2.19. The molecule has 0 saturated carbocycles. The number of carbonyl (C=O) groups excluding carboxylic acids is 1. The molecule has 1 atom stereocenters. The van der Waals surface area contributed by atoms with Crippen LogP contribution in [0.1, 0.15) is 57.6 Å². The second kappa shape index (κ2) is 7.54. The molecule has 19 heavy (non-hydrogen) atoms. The summed E-state index contributed by atoms with van der Waals surface area (Å²) in [5, 5.41) is 3.05. The quantitative estimate of drug-likeness (QED) is 0.737. The highest BCUT2D eigenvalue weighted by atomic mass is 35.5. The van der Waals surface area contributed by atoms with Gasteiger partial charge in [-0.3, -0.25) is 4.79 Å². The van der Waals surface area contributed by atoms with Gasteiger partial charge in [0.05, 0.1) is 0 Å². The zero-order valence-electron chi connectivity index (χ0n) is 12.3. The van der Waals surface area contributed by atoms with Gasteiger partial charge in [0, 0.05) is 17.5 Å². The van der Waals surface area contributed by atoms with Crippen molar-refractivity contribution in [2.24, 2.45) is 5.92 Å². The van der Waals surface area contributed by atoms with Gasteiger partial charge in [0.25, 0.3) is 0 Å². The van der Waals surface area contributed by atoms with E-state index in [9.17, 15) is 4.79 Å². The van der Waals surface area contributed by atoms with Gasteiger partial charge in [0.15, 0.2) is 0 Å². The number of nitrogens with one attached hydrogen (secondary N) is 1. The minimum Gasteiger partial charge on any atom is -0.326 e. The Bertz CT molecular complexity index is 429. The molecule has 1 N–H and O–H groups in total. The van der Waals surface area contributed by atoms with Crippen molar-refractivity contribution in [3.8, 4) is 0 Å². The van der Waals surface area contributed by atoms with E-state index in [2.05, 4.69) is 26.1 Å². The summed E-state index contributed by atoms with van der Waals surface area (Å²) in [7, 11) is 0. The second-order valence-corrected chi connectivity index (χ2v) is 5.61. The zero-order valence-corrected chi connectivity index (χ0v) is 13.1. The first-order valence-corrected chi connectivity index (χ1v) is 7.53. The van der Waals surface area contributed by atoms with E-state index in [1.165, 1.54) is 0 Å². The highest BCUT2D eigenvalue weighted by Crippen LogP contribution is 2.29. The molecule has 1 amide bonds. The van der Waals surface area contributed by atoms with E-state index in [0.29, 0.717) is 11.8 Å². The molecule has 106 valence electrons.